The van der Waals surface area contributed by atoms with E-state index in [0.717, 1.165) is 13.0 Å². The molecule has 0 radical (unpaired) electrons. The predicted molar refractivity (Wildman–Crippen MR) is 100 cm³/mol. The summed E-state index contributed by atoms with van der Waals surface area (Å²) in [6.45, 7) is 6.22. The van der Waals surface area contributed by atoms with Crippen LogP contribution < -0.4 is 20.1 Å². The number of ether oxygens (including phenoxy) is 2. The topological polar surface area (TPSA) is 79.9 Å². The summed E-state index contributed by atoms with van der Waals surface area (Å²) < 4.78 is 10.6. The number of likely N-dealkylation sites (tertiary alicyclic amines) is 1. The van der Waals surface area contributed by atoms with E-state index in [9.17, 15) is 9.59 Å². The second kappa shape index (κ2) is 9.09. The standard InChI is InChI=1S/C18H25N3O4.ClH/c1-3-19-12(2)10-20-17(22)14-5-4-8-21(14)18(23)13-6-7-15-16(9-13)25-11-24-15;/h6-7,9,12,14,19H,3-5,8,10-11H2,1-2H3,(H,20,22);1H/t12-,14?;/m1./s1. The predicted octanol–water partition coefficient (Wildman–Crippen LogP) is 1.56. The van der Waals surface area contributed by atoms with Crippen molar-refractivity contribution in [3.05, 3.63) is 23.8 Å². The summed E-state index contributed by atoms with van der Waals surface area (Å²) in [6.07, 6.45) is 1.52. The van der Waals surface area contributed by atoms with E-state index in [1.54, 1.807) is 23.1 Å². The highest BCUT2D eigenvalue weighted by atomic mass is 35.5. The van der Waals surface area contributed by atoms with Crippen LogP contribution in [0, 0.1) is 0 Å². The Kier molecular flexibility index (Phi) is 7.11. The molecule has 8 heteroatoms. The zero-order valence-electron chi connectivity index (χ0n) is 15.1. The molecule has 1 aromatic rings. The molecule has 1 aromatic carbocycles. The highest BCUT2D eigenvalue weighted by Gasteiger charge is 2.35. The van der Waals surface area contributed by atoms with E-state index >= 15 is 0 Å². The largest absolute Gasteiger partial charge is 0.454 e. The molecule has 2 atom stereocenters. The number of carbonyl (C=O) groups excluding carboxylic acids is 2. The van der Waals surface area contributed by atoms with Gasteiger partial charge in [0, 0.05) is 24.7 Å². The lowest BCUT2D eigenvalue weighted by Gasteiger charge is -2.25. The Morgan fingerprint density at radius 3 is 2.85 bits per heavy atom. The van der Waals surface area contributed by atoms with Crippen molar-refractivity contribution < 1.29 is 19.1 Å². The number of benzene rings is 1. The van der Waals surface area contributed by atoms with Crippen LogP contribution in [-0.2, 0) is 4.79 Å². The first kappa shape index (κ1) is 20.3. The van der Waals surface area contributed by atoms with Crippen molar-refractivity contribution in [2.24, 2.45) is 0 Å². The Hall–Kier alpha value is -1.99. The Morgan fingerprint density at radius 2 is 2.08 bits per heavy atom. The average Bonchev–Trinajstić information content (AvgIpc) is 3.27. The van der Waals surface area contributed by atoms with Gasteiger partial charge in [0.25, 0.3) is 5.91 Å². The Labute approximate surface area is 159 Å². The lowest BCUT2D eigenvalue weighted by molar-refractivity contribution is -0.124. The van der Waals surface area contributed by atoms with E-state index in [0.29, 0.717) is 36.6 Å². The number of amides is 2. The zero-order chi connectivity index (χ0) is 17.8. The summed E-state index contributed by atoms with van der Waals surface area (Å²) in [5.41, 5.74) is 0.518. The summed E-state index contributed by atoms with van der Waals surface area (Å²) in [4.78, 5) is 27.0. The number of rotatable bonds is 6. The maximum Gasteiger partial charge on any atom is 0.254 e. The third kappa shape index (κ3) is 4.40. The number of likely N-dealkylation sites (N-methyl/N-ethyl adjacent to an activating group) is 1. The normalized spacial score (nSPS) is 19.0. The minimum absolute atomic E-state index is 0. The fourth-order valence-electron chi connectivity index (χ4n) is 3.27. The molecule has 7 nitrogen and oxygen atoms in total. The minimum Gasteiger partial charge on any atom is -0.454 e. The van der Waals surface area contributed by atoms with Gasteiger partial charge in [0.05, 0.1) is 0 Å². The molecule has 2 aliphatic rings. The van der Waals surface area contributed by atoms with Gasteiger partial charge in [-0.05, 0) is 44.5 Å². The average molecular weight is 384 g/mol. The first-order chi connectivity index (χ1) is 12.1. The number of nitrogens with one attached hydrogen (secondary N) is 2. The van der Waals surface area contributed by atoms with Gasteiger partial charge >= 0.3 is 0 Å². The molecule has 0 aromatic heterocycles. The number of halogens is 1. The zero-order valence-corrected chi connectivity index (χ0v) is 15.9. The van der Waals surface area contributed by atoms with Crippen molar-refractivity contribution in [2.75, 3.05) is 26.4 Å². The summed E-state index contributed by atoms with van der Waals surface area (Å²) in [7, 11) is 0. The van der Waals surface area contributed by atoms with Crippen molar-refractivity contribution in [2.45, 2.75) is 38.8 Å². The van der Waals surface area contributed by atoms with E-state index in [1.165, 1.54) is 0 Å². The quantitative estimate of drug-likeness (QED) is 0.779. The highest BCUT2D eigenvalue weighted by molar-refractivity contribution is 5.98. The molecule has 3 rings (SSSR count). The van der Waals surface area contributed by atoms with E-state index in [2.05, 4.69) is 10.6 Å². The third-order valence-corrected chi connectivity index (χ3v) is 4.57. The molecule has 1 fully saturated rings. The lowest BCUT2D eigenvalue weighted by atomic mass is 10.1. The van der Waals surface area contributed by atoms with Gasteiger partial charge in [-0.15, -0.1) is 12.4 Å². The maximum absolute atomic E-state index is 12.8. The van der Waals surface area contributed by atoms with Crippen LogP contribution in [0.15, 0.2) is 18.2 Å². The molecule has 0 aliphatic carbocycles. The third-order valence-electron chi connectivity index (χ3n) is 4.57. The van der Waals surface area contributed by atoms with Gasteiger partial charge in [-0.1, -0.05) is 6.92 Å². The van der Waals surface area contributed by atoms with Gasteiger partial charge in [0.2, 0.25) is 12.7 Å². The van der Waals surface area contributed by atoms with Crippen LogP contribution in [0.2, 0.25) is 0 Å². The smallest absolute Gasteiger partial charge is 0.254 e. The molecule has 2 amide bonds. The van der Waals surface area contributed by atoms with Gasteiger partial charge in [0.15, 0.2) is 11.5 Å². The summed E-state index contributed by atoms with van der Waals surface area (Å²) in [5.74, 6) is 0.988. The van der Waals surface area contributed by atoms with Crippen LogP contribution >= 0.6 is 12.4 Å². The van der Waals surface area contributed by atoms with Crippen LogP contribution in [0.25, 0.3) is 0 Å². The van der Waals surface area contributed by atoms with Gasteiger partial charge in [-0.2, -0.15) is 0 Å². The molecule has 2 aliphatic heterocycles. The van der Waals surface area contributed by atoms with Gasteiger partial charge in [0.1, 0.15) is 6.04 Å². The maximum atomic E-state index is 12.8. The number of carbonyl (C=O) groups is 2. The SMILES string of the molecule is CCN[C@H](C)CNC(=O)C1CCCN1C(=O)c1ccc2c(c1)OCO2.Cl. The summed E-state index contributed by atoms with van der Waals surface area (Å²) >= 11 is 0. The first-order valence-corrected chi connectivity index (χ1v) is 8.82. The lowest BCUT2D eigenvalue weighted by Crippen LogP contribution is -2.48. The minimum atomic E-state index is -0.410. The second-order valence-electron chi connectivity index (χ2n) is 6.43. The second-order valence-corrected chi connectivity index (χ2v) is 6.43. The van der Waals surface area contributed by atoms with Crippen molar-refractivity contribution >= 4 is 24.2 Å². The van der Waals surface area contributed by atoms with E-state index in [-0.39, 0.29) is 37.1 Å². The molecule has 2 heterocycles. The first-order valence-electron chi connectivity index (χ1n) is 8.82. The number of hydrogen-bond acceptors (Lipinski definition) is 5. The molecule has 144 valence electrons. The molecule has 1 unspecified atom stereocenters. The van der Waals surface area contributed by atoms with Crippen LogP contribution in [-0.4, -0.2) is 55.2 Å². The van der Waals surface area contributed by atoms with Crippen LogP contribution in [0.4, 0.5) is 0 Å². The highest BCUT2D eigenvalue weighted by Crippen LogP contribution is 2.33. The molecule has 1 saturated heterocycles. The monoisotopic (exact) mass is 383 g/mol. The summed E-state index contributed by atoms with van der Waals surface area (Å²) in [6, 6.07) is 4.93. The molecule has 2 N–H and O–H groups in total. The molecule has 0 bridgehead atoms. The number of nitrogens with zero attached hydrogens (tertiary/aromatic N) is 1. The van der Waals surface area contributed by atoms with Gasteiger partial charge in [-0.3, -0.25) is 9.59 Å². The molecular weight excluding hydrogens is 358 g/mol. The van der Waals surface area contributed by atoms with Crippen molar-refractivity contribution in [1.29, 1.82) is 0 Å². The number of hydrogen-bond donors (Lipinski definition) is 2. The van der Waals surface area contributed by atoms with Gasteiger partial charge < -0.3 is 25.0 Å². The van der Waals surface area contributed by atoms with E-state index in [4.69, 9.17) is 9.47 Å². The molecule has 0 saturated carbocycles. The van der Waals surface area contributed by atoms with Crippen molar-refractivity contribution in [1.82, 2.24) is 15.5 Å². The molecule has 0 spiro atoms. The van der Waals surface area contributed by atoms with Gasteiger partial charge in [-0.25, -0.2) is 0 Å². The Morgan fingerprint density at radius 1 is 1.31 bits per heavy atom. The van der Waals surface area contributed by atoms with E-state index < -0.39 is 6.04 Å². The Balaban J connectivity index is 0.00000243. The Bertz CT molecular complexity index is 655. The van der Waals surface area contributed by atoms with Crippen LogP contribution in [0.1, 0.15) is 37.0 Å². The summed E-state index contributed by atoms with van der Waals surface area (Å²) in [5, 5.41) is 6.20. The fraction of sp³-hybridized carbons (Fsp3) is 0.556. The number of fused-ring (bicyclic) bond motifs is 1. The molecular formula is C18H26ClN3O4. The van der Waals surface area contributed by atoms with Crippen LogP contribution in [0.3, 0.4) is 0 Å². The van der Waals surface area contributed by atoms with Crippen LogP contribution in [0.5, 0.6) is 11.5 Å². The van der Waals surface area contributed by atoms with Crippen molar-refractivity contribution in [3.8, 4) is 11.5 Å². The molecule has 26 heavy (non-hydrogen) atoms. The van der Waals surface area contributed by atoms with Crippen molar-refractivity contribution in [3.63, 3.8) is 0 Å². The van der Waals surface area contributed by atoms with E-state index in [1.807, 2.05) is 13.8 Å². The fourth-order valence-corrected chi connectivity index (χ4v) is 3.27.